The minimum atomic E-state index is -0.471. The molecule has 0 aliphatic heterocycles. The molecule has 0 aliphatic rings. The summed E-state index contributed by atoms with van der Waals surface area (Å²) in [5.41, 5.74) is 0.357. The Kier molecular flexibility index (Phi) is 5.24. The van der Waals surface area contributed by atoms with Gasteiger partial charge in [0, 0.05) is 0 Å². The van der Waals surface area contributed by atoms with Gasteiger partial charge in [0.25, 0.3) is 0 Å². The molecular weight excluding hydrogens is 264 g/mol. The lowest BCUT2D eigenvalue weighted by Crippen LogP contribution is -2.24. The van der Waals surface area contributed by atoms with E-state index in [9.17, 15) is 4.79 Å². The largest absolute Gasteiger partial charge is 0.489 e. The fraction of sp³-hybridized carbons (Fsp3) is 0.533. The highest BCUT2D eigenvalue weighted by atomic mass is 35.5. The standard InChI is InChI=1S/C15H21ClO3/c1-10(2)18-13-8-11(6-7-12(13)16)9-14(17)19-15(3,4)5/h6-8,10H,9H2,1-5H3. The molecule has 0 N–H and O–H groups in total. The van der Waals surface area contributed by atoms with Crippen LogP contribution in [0.5, 0.6) is 5.75 Å². The first-order chi connectivity index (χ1) is 8.67. The second-order valence-corrected chi connectivity index (χ2v) is 6.10. The summed E-state index contributed by atoms with van der Waals surface area (Å²) in [6.07, 6.45) is 0.248. The number of ether oxygens (including phenoxy) is 2. The fourth-order valence-electron chi connectivity index (χ4n) is 1.55. The summed E-state index contributed by atoms with van der Waals surface area (Å²) in [6.45, 7) is 9.40. The first-order valence-corrected chi connectivity index (χ1v) is 6.72. The number of hydrogen-bond acceptors (Lipinski definition) is 3. The van der Waals surface area contributed by atoms with Gasteiger partial charge < -0.3 is 9.47 Å². The molecule has 0 atom stereocenters. The zero-order chi connectivity index (χ0) is 14.6. The molecule has 0 spiro atoms. The summed E-state index contributed by atoms with van der Waals surface area (Å²) < 4.78 is 10.9. The third-order valence-electron chi connectivity index (χ3n) is 2.13. The molecule has 1 aromatic rings. The Morgan fingerprint density at radius 1 is 1.32 bits per heavy atom. The first kappa shape index (κ1) is 15.8. The normalized spacial score (nSPS) is 11.5. The second-order valence-electron chi connectivity index (χ2n) is 5.69. The monoisotopic (exact) mass is 284 g/mol. The lowest BCUT2D eigenvalue weighted by Gasteiger charge is -2.19. The van der Waals surface area contributed by atoms with Crippen LogP contribution in [0.1, 0.15) is 40.2 Å². The summed E-state index contributed by atoms with van der Waals surface area (Å²) in [7, 11) is 0. The van der Waals surface area contributed by atoms with Crippen LogP contribution in [-0.4, -0.2) is 17.7 Å². The lowest BCUT2D eigenvalue weighted by atomic mass is 10.1. The van der Waals surface area contributed by atoms with Gasteiger partial charge in [0.2, 0.25) is 0 Å². The van der Waals surface area contributed by atoms with Crippen LogP contribution in [0.3, 0.4) is 0 Å². The third-order valence-corrected chi connectivity index (χ3v) is 2.44. The number of halogens is 1. The van der Waals surface area contributed by atoms with Gasteiger partial charge in [0.1, 0.15) is 11.4 Å². The molecular formula is C15H21ClO3. The molecule has 0 aliphatic carbocycles. The fourth-order valence-corrected chi connectivity index (χ4v) is 1.71. The predicted molar refractivity (Wildman–Crippen MR) is 76.8 cm³/mol. The zero-order valence-electron chi connectivity index (χ0n) is 12.1. The molecule has 0 saturated heterocycles. The van der Waals surface area contributed by atoms with E-state index in [2.05, 4.69) is 0 Å². The molecule has 19 heavy (non-hydrogen) atoms. The van der Waals surface area contributed by atoms with Gasteiger partial charge in [-0.1, -0.05) is 17.7 Å². The van der Waals surface area contributed by atoms with Crippen LogP contribution in [-0.2, 0) is 16.0 Å². The van der Waals surface area contributed by atoms with Crippen LogP contribution in [0.2, 0.25) is 5.02 Å². The van der Waals surface area contributed by atoms with Crippen molar-refractivity contribution in [3.8, 4) is 5.75 Å². The highest BCUT2D eigenvalue weighted by Crippen LogP contribution is 2.27. The van der Waals surface area contributed by atoms with E-state index in [0.29, 0.717) is 10.8 Å². The van der Waals surface area contributed by atoms with Crippen molar-refractivity contribution in [2.45, 2.75) is 52.7 Å². The molecule has 0 heterocycles. The van der Waals surface area contributed by atoms with Crippen LogP contribution in [0.25, 0.3) is 0 Å². The molecule has 0 bridgehead atoms. The number of carbonyl (C=O) groups is 1. The van der Waals surface area contributed by atoms with E-state index in [1.807, 2.05) is 34.6 Å². The van der Waals surface area contributed by atoms with E-state index in [1.165, 1.54) is 0 Å². The van der Waals surface area contributed by atoms with Crippen LogP contribution < -0.4 is 4.74 Å². The predicted octanol–water partition coefficient (Wildman–Crippen LogP) is 4.01. The molecule has 0 aromatic heterocycles. The van der Waals surface area contributed by atoms with Crippen LogP contribution >= 0.6 is 11.6 Å². The van der Waals surface area contributed by atoms with E-state index >= 15 is 0 Å². The van der Waals surface area contributed by atoms with Crippen molar-refractivity contribution >= 4 is 17.6 Å². The van der Waals surface area contributed by atoms with Crippen molar-refractivity contribution in [3.63, 3.8) is 0 Å². The van der Waals surface area contributed by atoms with Gasteiger partial charge in [0.15, 0.2) is 0 Å². The first-order valence-electron chi connectivity index (χ1n) is 6.34. The van der Waals surface area contributed by atoms with Gasteiger partial charge in [-0.15, -0.1) is 0 Å². The summed E-state index contributed by atoms with van der Waals surface area (Å²) in [5, 5.41) is 0.543. The number of esters is 1. The Hall–Kier alpha value is -1.22. The molecule has 0 saturated carbocycles. The Balaban J connectivity index is 2.77. The minimum absolute atomic E-state index is 0.0364. The maximum absolute atomic E-state index is 11.8. The molecule has 0 radical (unpaired) electrons. The minimum Gasteiger partial charge on any atom is -0.489 e. The lowest BCUT2D eigenvalue weighted by molar-refractivity contribution is -0.153. The maximum Gasteiger partial charge on any atom is 0.310 e. The summed E-state index contributed by atoms with van der Waals surface area (Å²) >= 11 is 6.04. The number of carbonyl (C=O) groups excluding carboxylic acids is 1. The van der Waals surface area contributed by atoms with Gasteiger partial charge >= 0.3 is 5.97 Å². The molecule has 4 heteroatoms. The van der Waals surface area contributed by atoms with E-state index < -0.39 is 5.60 Å². The number of hydrogen-bond donors (Lipinski definition) is 0. The van der Waals surface area contributed by atoms with E-state index in [-0.39, 0.29) is 18.5 Å². The Morgan fingerprint density at radius 2 is 1.95 bits per heavy atom. The summed E-state index contributed by atoms with van der Waals surface area (Å²) in [6, 6.07) is 5.32. The van der Waals surface area contributed by atoms with Gasteiger partial charge in [-0.2, -0.15) is 0 Å². The Morgan fingerprint density at radius 3 is 2.47 bits per heavy atom. The topological polar surface area (TPSA) is 35.5 Å². The van der Waals surface area contributed by atoms with Crippen molar-refractivity contribution < 1.29 is 14.3 Å². The maximum atomic E-state index is 11.8. The molecule has 1 aromatic carbocycles. The molecule has 0 fully saturated rings. The highest BCUT2D eigenvalue weighted by molar-refractivity contribution is 6.32. The van der Waals surface area contributed by atoms with Crippen LogP contribution in [0.4, 0.5) is 0 Å². The SMILES string of the molecule is CC(C)Oc1cc(CC(=O)OC(C)(C)C)ccc1Cl. The van der Waals surface area contributed by atoms with Gasteiger partial charge in [-0.05, 0) is 52.3 Å². The molecule has 1 rings (SSSR count). The highest BCUT2D eigenvalue weighted by Gasteiger charge is 2.17. The molecule has 106 valence electrons. The van der Waals surface area contributed by atoms with E-state index in [4.69, 9.17) is 21.1 Å². The van der Waals surface area contributed by atoms with E-state index in [1.54, 1.807) is 18.2 Å². The van der Waals surface area contributed by atoms with Crippen molar-refractivity contribution in [1.29, 1.82) is 0 Å². The third kappa shape index (κ3) is 5.97. The Labute approximate surface area is 119 Å². The number of rotatable bonds is 4. The van der Waals surface area contributed by atoms with Crippen molar-refractivity contribution in [2.75, 3.05) is 0 Å². The average Bonchev–Trinajstić information content (AvgIpc) is 2.19. The van der Waals surface area contributed by atoms with Crippen LogP contribution in [0, 0.1) is 0 Å². The quantitative estimate of drug-likeness (QED) is 0.784. The number of benzene rings is 1. The smallest absolute Gasteiger partial charge is 0.310 e. The van der Waals surface area contributed by atoms with Crippen LogP contribution in [0.15, 0.2) is 18.2 Å². The molecule has 0 amide bonds. The van der Waals surface area contributed by atoms with Crippen molar-refractivity contribution in [3.05, 3.63) is 28.8 Å². The molecule has 3 nitrogen and oxygen atoms in total. The van der Waals surface area contributed by atoms with Crippen molar-refractivity contribution in [2.24, 2.45) is 0 Å². The van der Waals surface area contributed by atoms with Crippen molar-refractivity contribution in [1.82, 2.24) is 0 Å². The van der Waals surface area contributed by atoms with Gasteiger partial charge in [-0.25, -0.2) is 0 Å². The van der Waals surface area contributed by atoms with E-state index in [0.717, 1.165) is 5.56 Å². The zero-order valence-corrected chi connectivity index (χ0v) is 12.9. The van der Waals surface area contributed by atoms with Gasteiger partial charge in [-0.3, -0.25) is 4.79 Å². The average molecular weight is 285 g/mol. The summed E-state index contributed by atoms with van der Waals surface area (Å²) in [4.78, 5) is 11.8. The Bertz CT molecular complexity index is 447. The van der Waals surface area contributed by atoms with Gasteiger partial charge in [0.05, 0.1) is 17.5 Å². The molecule has 0 unspecified atom stereocenters. The second kappa shape index (κ2) is 6.29. The summed E-state index contributed by atoms with van der Waals surface area (Å²) in [5.74, 6) is 0.336.